The molecule has 0 bridgehead atoms. The second-order valence-electron chi connectivity index (χ2n) is 4.47. The lowest BCUT2D eigenvalue weighted by Crippen LogP contribution is -2.42. The monoisotopic (exact) mass is 282 g/mol. The minimum atomic E-state index is -0.0889. The normalized spacial score (nSPS) is 18.3. The number of benzene rings is 1. The number of nitrogens with one attached hydrogen (secondary N) is 1. The summed E-state index contributed by atoms with van der Waals surface area (Å²) < 4.78 is 5.06. The van der Waals surface area contributed by atoms with E-state index in [9.17, 15) is 9.90 Å². The Morgan fingerprint density at radius 3 is 3.05 bits per heavy atom. The van der Waals surface area contributed by atoms with Crippen LogP contribution in [-0.4, -0.2) is 47.7 Å². The van der Waals surface area contributed by atoms with Gasteiger partial charge in [0.25, 0.3) is 0 Å². The fourth-order valence-corrected chi connectivity index (χ4v) is 2.93. The molecule has 6 heteroatoms. The zero-order valence-electron chi connectivity index (χ0n) is 11.0. The highest BCUT2D eigenvalue weighted by Crippen LogP contribution is 2.26. The number of hydrogen-bond acceptors (Lipinski definition) is 5. The Morgan fingerprint density at radius 2 is 2.42 bits per heavy atom. The van der Waals surface area contributed by atoms with Gasteiger partial charge in [0, 0.05) is 25.2 Å². The van der Waals surface area contributed by atoms with Gasteiger partial charge in [-0.15, -0.1) is 11.8 Å². The van der Waals surface area contributed by atoms with Crippen molar-refractivity contribution in [2.75, 3.05) is 25.8 Å². The molecule has 1 aromatic carbocycles. The van der Waals surface area contributed by atoms with Crippen molar-refractivity contribution in [1.29, 1.82) is 0 Å². The molecular formula is C13H18N2O3S. The number of aromatic hydroxyl groups is 1. The molecule has 1 aliphatic rings. The summed E-state index contributed by atoms with van der Waals surface area (Å²) >= 11 is 1.73. The van der Waals surface area contributed by atoms with E-state index in [2.05, 4.69) is 5.32 Å². The minimum Gasteiger partial charge on any atom is -0.504 e. The van der Waals surface area contributed by atoms with E-state index in [1.165, 1.54) is 7.11 Å². The number of hydrogen-bond donors (Lipinski definition) is 2. The molecule has 1 fully saturated rings. The fourth-order valence-electron chi connectivity index (χ4n) is 1.99. The molecule has 1 aromatic rings. The number of phenols is 1. The van der Waals surface area contributed by atoms with Gasteiger partial charge in [-0.05, 0) is 17.7 Å². The molecule has 1 heterocycles. The summed E-state index contributed by atoms with van der Waals surface area (Å²) in [6.07, 6.45) is 0. The molecule has 0 radical (unpaired) electrons. The third-order valence-electron chi connectivity index (χ3n) is 3.05. The zero-order chi connectivity index (χ0) is 13.8. The van der Waals surface area contributed by atoms with Gasteiger partial charge in [-0.3, -0.25) is 10.1 Å². The second kappa shape index (κ2) is 6.16. The van der Waals surface area contributed by atoms with Crippen LogP contribution in [-0.2, 0) is 11.3 Å². The number of nitrogens with zero attached hydrogens (tertiary/aromatic N) is 1. The van der Waals surface area contributed by atoms with E-state index in [0.717, 1.165) is 17.2 Å². The lowest BCUT2D eigenvalue weighted by atomic mass is 10.2. The quantitative estimate of drug-likeness (QED) is 0.863. The molecule has 0 aliphatic carbocycles. The van der Waals surface area contributed by atoms with E-state index in [-0.39, 0.29) is 17.7 Å². The standard InChI is InChI=1S/C13H18N2O3S/c1-15(13(17)10-7-19-8-14-10)6-9-3-4-11(16)12(5-9)18-2/h3-5,10,14,16H,6-8H2,1-2H3. The highest BCUT2D eigenvalue weighted by molar-refractivity contribution is 7.99. The van der Waals surface area contributed by atoms with Gasteiger partial charge in [-0.25, -0.2) is 0 Å². The van der Waals surface area contributed by atoms with E-state index >= 15 is 0 Å². The van der Waals surface area contributed by atoms with Crippen LogP contribution in [0.5, 0.6) is 11.5 Å². The minimum absolute atomic E-state index is 0.0889. The first-order valence-electron chi connectivity index (χ1n) is 6.04. The van der Waals surface area contributed by atoms with Crippen LogP contribution in [0.4, 0.5) is 0 Å². The fraction of sp³-hybridized carbons (Fsp3) is 0.462. The number of ether oxygens (including phenoxy) is 1. The maximum absolute atomic E-state index is 12.1. The number of likely N-dealkylation sites (N-methyl/N-ethyl adjacent to an activating group) is 1. The Bertz CT molecular complexity index is 461. The maximum Gasteiger partial charge on any atom is 0.240 e. The predicted molar refractivity (Wildman–Crippen MR) is 75.4 cm³/mol. The molecular weight excluding hydrogens is 264 g/mol. The van der Waals surface area contributed by atoms with Crippen LogP contribution in [0.1, 0.15) is 5.56 Å². The van der Waals surface area contributed by atoms with Crippen LogP contribution in [0, 0.1) is 0 Å². The molecule has 0 spiro atoms. The molecule has 1 saturated heterocycles. The summed E-state index contributed by atoms with van der Waals surface area (Å²) in [5, 5.41) is 12.7. The second-order valence-corrected chi connectivity index (χ2v) is 5.50. The van der Waals surface area contributed by atoms with Gasteiger partial charge >= 0.3 is 0 Å². The van der Waals surface area contributed by atoms with Crippen molar-refractivity contribution < 1.29 is 14.6 Å². The van der Waals surface area contributed by atoms with Gasteiger partial charge < -0.3 is 14.7 Å². The highest BCUT2D eigenvalue weighted by Gasteiger charge is 2.25. The van der Waals surface area contributed by atoms with E-state index in [4.69, 9.17) is 4.74 Å². The van der Waals surface area contributed by atoms with Gasteiger partial charge in [0.15, 0.2) is 11.5 Å². The molecule has 5 nitrogen and oxygen atoms in total. The summed E-state index contributed by atoms with van der Waals surface area (Å²) in [4.78, 5) is 13.8. The number of thioether (sulfide) groups is 1. The van der Waals surface area contributed by atoms with E-state index < -0.39 is 0 Å². The highest BCUT2D eigenvalue weighted by atomic mass is 32.2. The lowest BCUT2D eigenvalue weighted by molar-refractivity contribution is -0.131. The summed E-state index contributed by atoms with van der Waals surface area (Å²) in [5.74, 6) is 2.28. The van der Waals surface area contributed by atoms with Crippen molar-refractivity contribution in [2.45, 2.75) is 12.6 Å². The summed E-state index contributed by atoms with van der Waals surface area (Å²) in [7, 11) is 3.29. The third-order valence-corrected chi connectivity index (χ3v) is 3.99. The van der Waals surface area contributed by atoms with Gasteiger partial charge in [0.05, 0.1) is 13.2 Å². The summed E-state index contributed by atoms with van der Waals surface area (Å²) in [6, 6.07) is 5.03. The molecule has 0 aromatic heterocycles. The zero-order valence-corrected chi connectivity index (χ0v) is 11.9. The van der Waals surface area contributed by atoms with Crippen molar-refractivity contribution in [3.05, 3.63) is 23.8 Å². The maximum atomic E-state index is 12.1. The lowest BCUT2D eigenvalue weighted by Gasteiger charge is -2.21. The van der Waals surface area contributed by atoms with Crippen molar-refractivity contribution in [3.63, 3.8) is 0 Å². The van der Waals surface area contributed by atoms with Crippen LogP contribution in [0.3, 0.4) is 0 Å². The van der Waals surface area contributed by atoms with Crippen LogP contribution < -0.4 is 10.1 Å². The molecule has 2 N–H and O–H groups in total. The van der Waals surface area contributed by atoms with Gasteiger partial charge in [0.2, 0.25) is 5.91 Å². The molecule has 1 amide bonds. The van der Waals surface area contributed by atoms with Crippen LogP contribution in [0.15, 0.2) is 18.2 Å². The number of rotatable bonds is 4. The molecule has 1 unspecified atom stereocenters. The van der Waals surface area contributed by atoms with Crippen molar-refractivity contribution in [2.24, 2.45) is 0 Å². The predicted octanol–water partition coefficient (Wildman–Crippen LogP) is 1.02. The molecule has 0 saturated carbocycles. The van der Waals surface area contributed by atoms with E-state index in [1.54, 1.807) is 41.9 Å². The van der Waals surface area contributed by atoms with E-state index in [1.807, 2.05) is 0 Å². The first kappa shape index (κ1) is 14.0. The topological polar surface area (TPSA) is 61.8 Å². The molecule has 1 atom stereocenters. The number of phenolic OH excluding ortho intramolecular Hbond substituents is 1. The molecule has 1 aliphatic heterocycles. The Labute approximate surface area is 116 Å². The SMILES string of the molecule is COc1cc(CN(C)C(=O)C2CSCN2)ccc1O. The van der Waals surface area contributed by atoms with E-state index in [0.29, 0.717) is 12.3 Å². The Balaban J connectivity index is 2.01. The molecule has 2 rings (SSSR count). The van der Waals surface area contributed by atoms with Crippen LogP contribution in [0.2, 0.25) is 0 Å². The average Bonchev–Trinajstić information content (AvgIpc) is 2.94. The van der Waals surface area contributed by atoms with Crippen molar-refractivity contribution in [3.8, 4) is 11.5 Å². The van der Waals surface area contributed by atoms with Gasteiger partial charge in [-0.1, -0.05) is 6.07 Å². The summed E-state index contributed by atoms with van der Waals surface area (Å²) in [5.41, 5.74) is 0.927. The largest absolute Gasteiger partial charge is 0.504 e. The van der Waals surface area contributed by atoms with Crippen LogP contribution in [0.25, 0.3) is 0 Å². The van der Waals surface area contributed by atoms with Gasteiger partial charge in [-0.2, -0.15) is 0 Å². The first-order valence-corrected chi connectivity index (χ1v) is 7.19. The number of amides is 1. The number of carbonyl (C=O) groups is 1. The van der Waals surface area contributed by atoms with Gasteiger partial charge in [0.1, 0.15) is 0 Å². The number of methoxy groups -OCH3 is 1. The van der Waals surface area contributed by atoms with Crippen molar-refractivity contribution in [1.82, 2.24) is 10.2 Å². The number of carbonyl (C=O) groups excluding carboxylic acids is 1. The first-order chi connectivity index (χ1) is 9.11. The third kappa shape index (κ3) is 3.33. The van der Waals surface area contributed by atoms with Crippen molar-refractivity contribution >= 4 is 17.7 Å². The molecule has 19 heavy (non-hydrogen) atoms. The Kier molecular flexibility index (Phi) is 4.55. The Hall–Kier alpha value is -1.40. The smallest absolute Gasteiger partial charge is 0.240 e. The average molecular weight is 282 g/mol. The Morgan fingerprint density at radius 1 is 1.63 bits per heavy atom. The summed E-state index contributed by atoms with van der Waals surface area (Å²) in [6.45, 7) is 0.498. The molecule has 104 valence electrons. The van der Waals surface area contributed by atoms with Crippen LogP contribution >= 0.6 is 11.8 Å².